The lowest BCUT2D eigenvalue weighted by Crippen LogP contribution is -2.11. The predicted molar refractivity (Wildman–Crippen MR) is 120 cm³/mol. The molecule has 0 radical (unpaired) electrons. The molecule has 0 aromatic carbocycles. The number of hydrogen-bond acceptors (Lipinski definition) is 2. The van der Waals surface area contributed by atoms with E-state index in [2.05, 4.69) is 32.2 Å². The van der Waals surface area contributed by atoms with Crippen LogP contribution in [0, 0.1) is 5.92 Å². The maximum Gasteiger partial charge on any atom is 0.189 e. The maximum absolute atomic E-state index is 11.3. The molecule has 26 heavy (non-hydrogen) atoms. The predicted octanol–water partition coefficient (Wildman–Crippen LogP) is 7.56. The number of thiol groups is 2. The Morgan fingerprint density at radius 3 is 1.27 bits per heavy atom. The summed E-state index contributed by atoms with van der Waals surface area (Å²) in [7, 11) is 0. The molecule has 0 rings (SSSR count). The Kier molecular flexibility index (Phi) is 19.8. The molecule has 0 N–H and O–H groups in total. The van der Waals surface area contributed by atoms with E-state index in [0.717, 1.165) is 19.3 Å². The van der Waals surface area contributed by atoms with E-state index in [1.165, 1.54) is 89.9 Å². The van der Waals surface area contributed by atoms with Gasteiger partial charge in [-0.25, -0.2) is 0 Å². The molecule has 4 heteroatoms. The van der Waals surface area contributed by atoms with Crippen LogP contribution in [-0.2, 0) is 9.59 Å². The topological polar surface area (TPSA) is 34.1 Å². The molecule has 0 bridgehead atoms. The molecular weight excluding hydrogens is 360 g/mol. The minimum Gasteiger partial charge on any atom is -0.287 e. The van der Waals surface area contributed by atoms with Crippen molar-refractivity contribution >= 4 is 35.5 Å². The summed E-state index contributed by atoms with van der Waals surface area (Å²) in [4.78, 5) is 22.4. The van der Waals surface area contributed by atoms with Crippen LogP contribution in [0.4, 0.5) is 0 Å². The van der Waals surface area contributed by atoms with Crippen LogP contribution in [0.1, 0.15) is 122 Å². The second-order valence-electron chi connectivity index (χ2n) is 7.72. The molecule has 0 spiro atoms. The minimum atomic E-state index is -0.241. The van der Waals surface area contributed by atoms with Crippen molar-refractivity contribution in [1.82, 2.24) is 0 Å². The van der Waals surface area contributed by atoms with Gasteiger partial charge < -0.3 is 0 Å². The van der Waals surface area contributed by atoms with Crippen LogP contribution in [0.15, 0.2) is 0 Å². The van der Waals surface area contributed by atoms with Crippen molar-refractivity contribution in [3.05, 3.63) is 0 Å². The van der Waals surface area contributed by atoms with E-state index in [4.69, 9.17) is 0 Å². The number of carbonyl (C=O) groups is 2. The average Bonchev–Trinajstić information content (AvgIpc) is 2.59. The Balaban J connectivity index is 3.26. The van der Waals surface area contributed by atoms with Crippen molar-refractivity contribution < 1.29 is 9.59 Å². The van der Waals surface area contributed by atoms with E-state index in [9.17, 15) is 9.59 Å². The molecule has 0 aliphatic rings. The first-order chi connectivity index (χ1) is 12.6. The molecule has 0 fully saturated rings. The van der Waals surface area contributed by atoms with Gasteiger partial charge in [-0.2, -0.15) is 0 Å². The molecule has 0 aromatic rings. The van der Waals surface area contributed by atoms with Crippen LogP contribution in [0.5, 0.6) is 0 Å². The van der Waals surface area contributed by atoms with Gasteiger partial charge in [0.1, 0.15) is 0 Å². The molecule has 154 valence electrons. The highest BCUT2D eigenvalue weighted by Gasteiger charge is 2.16. The Morgan fingerprint density at radius 2 is 0.962 bits per heavy atom. The largest absolute Gasteiger partial charge is 0.287 e. The molecule has 2 nitrogen and oxygen atoms in total. The SMILES string of the molecule is CCCCCCCCCCCCCCCCCCC(CC(=O)S)C(=O)S. The minimum absolute atomic E-state index is 0.173. The summed E-state index contributed by atoms with van der Waals surface area (Å²) >= 11 is 7.64. The van der Waals surface area contributed by atoms with Crippen molar-refractivity contribution in [3.63, 3.8) is 0 Å². The fraction of sp³-hybridized carbons (Fsp3) is 0.909. The zero-order valence-corrected chi connectivity index (χ0v) is 18.8. The number of rotatable bonds is 20. The molecule has 0 aliphatic carbocycles. The normalized spacial score (nSPS) is 12.3. The summed E-state index contributed by atoms with van der Waals surface area (Å²) < 4.78 is 0. The molecule has 0 saturated carbocycles. The van der Waals surface area contributed by atoms with E-state index in [1.54, 1.807) is 0 Å². The van der Waals surface area contributed by atoms with Crippen molar-refractivity contribution in [2.24, 2.45) is 5.92 Å². The lowest BCUT2D eigenvalue weighted by atomic mass is 9.98. The van der Waals surface area contributed by atoms with Gasteiger partial charge in [-0.1, -0.05) is 110 Å². The molecular formula is C22H42O2S2. The average molecular weight is 403 g/mol. The summed E-state index contributed by atoms with van der Waals surface area (Å²) in [5, 5.41) is -0.387. The third kappa shape index (κ3) is 18.8. The van der Waals surface area contributed by atoms with Crippen LogP contribution in [0.3, 0.4) is 0 Å². The molecule has 0 aromatic heterocycles. The van der Waals surface area contributed by atoms with Gasteiger partial charge >= 0.3 is 0 Å². The van der Waals surface area contributed by atoms with E-state index in [0.29, 0.717) is 0 Å². The number of carbonyl (C=O) groups excluding carboxylic acids is 2. The first-order valence-electron chi connectivity index (χ1n) is 11.0. The van der Waals surface area contributed by atoms with Crippen LogP contribution in [0.2, 0.25) is 0 Å². The maximum atomic E-state index is 11.3. The van der Waals surface area contributed by atoms with E-state index >= 15 is 0 Å². The van der Waals surface area contributed by atoms with Gasteiger partial charge in [-0.3, -0.25) is 9.59 Å². The highest BCUT2D eigenvalue weighted by Crippen LogP contribution is 2.19. The second-order valence-corrected chi connectivity index (χ2v) is 8.66. The lowest BCUT2D eigenvalue weighted by molar-refractivity contribution is -0.119. The Hall–Kier alpha value is 0.0400. The summed E-state index contributed by atoms with van der Waals surface area (Å²) in [6.07, 6.45) is 22.5. The summed E-state index contributed by atoms with van der Waals surface area (Å²) in [5.74, 6) is -0.241. The fourth-order valence-electron chi connectivity index (χ4n) is 3.46. The molecule has 0 saturated heterocycles. The third-order valence-corrected chi connectivity index (χ3v) is 5.72. The smallest absolute Gasteiger partial charge is 0.189 e. The van der Waals surface area contributed by atoms with Crippen LogP contribution >= 0.6 is 25.3 Å². The van der Waals surface area contributed by atoms with Crippen molar-refractivity contribution in [2.45, 2.75) is 122 Å². The fourth-order valence-corrected chi connectivity index (χ4v) is 3.90. The number of unbranched alkanes of at least 4 members (excludes halogenated alkanes) is 15. The second kappa shape index (κ2) is 19.8. The van der Waals surface area contributed by atoms with Crippen molar-refractivity contribution in [1.29, 1.82) is 0 Å². The lowest BCUT2D eigenvalue weighted by Gasteiger charge is -2.10. The van der Waals surface area contributed by atoms with E-state index < -0.39 is 0 Å². The van der Waals surface area contributed by atoms with Gasteiger partial charge in [-0.05, 0) is 6.42 Å². The first kappa shape index (κ1) is 26.0. The summed E-state index contributed by atoms with van der Waals surface area (Å²) in [6.45, 7) is 2.27. The highest BCUT2D eigenvalue weighted by molar-refractivity contribution is 7.97. The molecule has 1 unspecified atom stereocenters. The first-order valence-corrected chi connectivity index (χ1v) is 11.9. The zero-order valence-electron chi connectivity index (χ0n) is 17.0. The van der Waals surface area contributed by atoms with Crippen molar-refractivity contribution in [3.8, 4) is 0 Å². The quantitative estimate of drug-likeness (QED) is 0.163. The summed E-state index contributed by atoms with van der Waals surface area (Å²) in [5.41, 5.74) is 0. The van der Waals surface area contributed by atoms with Crippen LogP contribution in [-0.4, -0.2) is 10.2 Å². The summed E-state index contributed by atoms with van der Waals surface area (Å²) in [6, 6.07) is 0. The Morgan fingerprint density at radius 1 is 0.615 bits per heavy atom. The van der Waals surface area contributed by atoms with Gasteiger partial charge in [-0.15, -0.1) is 25.3 Å². The van der Waals surface area contributed by atoms with Gasteiger partial charge in [0.25, 0.3) is 0 Å². The molecule has 0 heterocycles. The van der Waals surface area contributed by atoms with Crippen LogP contribution in [0.25, 0.3) is 0 Å². The zero-order chi connectivity index (χ0) is 19.5. The van der Waals surface area contributed by atoms with Gasteiger partial charge in [0.05, 0.1) is 0 Å². The molecule has 0 aliphatic heterocycles. The highest BCUT2D eigenvalue weighted by atomic mass is 32.1. The van der Waals surface area contributed by atoms with Gasteiger partial charge in [0.2, 0.25) is 0 Å². The standard InChI is InChI=1S/C22H42O2S2/c1-2-3-4-5-6-7-8-9-10-11-12-13-14-15-16-17-18-20(22(24)26)19-21(23)25/h20H,2-19H2,1H3,(H,23,25)(H,24,26). The Labute approximate surface area is 173 Å². The van der Waals surface area contributed by atoms with E-state index in [-0.39, 0.29) is 22.6 Å². The molecule has 1 atom stereocenters. The van der Waals surface area contributed by atoms with E-state index in [1.807, 2.05) is 0 Å². The van der Waals surface area contributed by atoms with Gasteiger partial charge in [0, 0.05) is 12.3 Å². The molecule has 0 amide bonds. The number of hydrogen-bond donors (Lipinski definition) is 2. The third-order valence-electron chi connectivity index (χ3n) is 5.18. The Bertz CT molecular complexity index is 345. The van der Waals surface area contributed by atoms with Crippen molar-refractivity contribution in [2.75, 3.05) is 0 Å². The van der Waals surface area contributed by atoms with Gasteiger partial charge in [0.15, 0.2) is 10.2 Å². The monoisotopic (exact) mass is 402 g/mol. The van der Waals surface area contributed by atoms with Crippen LogP contribution < -0.4 is 0 Å².